The van der Waals surface area contributed by atoms with Gasteiger partial charge in [0.25, 0.3) is 17.4 Å². The van der Waals surface area contributed by atoms with E-state index in [4.69, 9.17) is 4.74 Å². The quantitative estimate of drug-likeness (QED) is 0.254. The first kappa shape index (κ1) is 30.8. The molecule has 0 spiro atoms. The number of hydrogen-bond donors (Lipinski definition) is 2. The molecule has 236 valence electrons. The summed E-state index contributed by atoms with van der Waals surface area (Å²) in [4.78, 5) is 54.2. The monoisotopic (exact) mass is 618 g/mol. The van der Waals surface area contributed by atoms with E-state index in [0.29, 0.717) is 42.1 Å². The number of aromatic nitrogens is 1. The van der Waals surface area contributed by atoms with Gasteiger partial charge in [-0.3, -0.25) is 14.4 Å². The molecule has 2 bridgehead atoms. The predicted octanol–water partition coefficient (Wildman–Crippen LogP) is 6.06. The number of nitrogens with zero attached hydrogens (tertiary/aromatic N) is 2. The number of para-hydroxylation sites is 1. The van der Waals surface area contributed by atoms with Gasteiger partial charge in [0.15, 0.2) is 0 Å². The molecule has 2 atom stereocenters. The number of rotatable bonds is 6. The molecular formula is C37H38N4O5. The first-order valence-corrected chi connectivity index (χ1v) is 15.5. The molecule has 4 aromatic rings. The van der Waals surface area contributed by atoms with Crippen LogP contribution in [0.2, 0.25) is 0 Å². The molecule has 1 fully saturated rings. The van der Waals surface area contributed by atoms with E-state index in [9.17, 15) is 19.2 Å². The highest BCUT2D eigenvalue weighted by molar-refractivity contribution is 6.10. The van der Waals surface area contributed by atoms with Gasteiger partial charge in [-0.2, -0.15) is 0 Å². The van der Waals surface area contributed by atoms with E-state index in [0.717, 1.165) is 23.4 Å². The van der Waals surface area contributed by atoms with Crippen LogP contribution in [-0.4, -0.2) is 42.6 Å². The van der Waals surface area contributed by atoms with Crippen LogP contribution in [0.25, 0.3) is 0 Å². The number of ether oxygens (including phenoxy) is 1. The number of carbonyl (C=O) groups is 3. The van der Waals surface area contributed by atoms with Gasteiger partial charge in [-0.1, -0.05) is 51.1 Å². The Morgan fingerprint density at radius 1 is 0.783 bits per heavy atom. The van der Waals surface area contributed by atoms with E-state index >= 15 is 0 Å². The summed E-state index contributed by atoms with van der Waals surface area (Å²) in [6.45, 7) is 8.38. The predicted molar refractivity (Wildman–Crippen MR) is 179 cm³/mol. The summed E-state index contributed by atoms with van der Waals surface area (Å²) >= 11 is 0. The lowest BCUT2D eigenvalue weighted by molar-refractivity contribution is 0.0601. The van der Waals surface area contributed by atoms with Crippen LogP contribution in [0.3, 0.4) is 0 Å². The Morgan fingerprint density at radius 3 is 2.22 bits per heavy atom. The molecule has 3 aromatic carbocycles. The summed E-state index contributed by atoms with van der Waals surface area (Å²) < 4.78 is 6.76. The summed E-state index contributed by atoms with van der Waals surface area (Å²) in [5, 5.41) is 5.91. The van der Waals surface area contributed by atoms with E-state index < -0.39 is 11.9 Å². The summed E-state index contributed by atoms with van der Waals surface area (Å²) in [6.07, 6.45) is 0.988. The van der Waals surface area contributed by atoms with Crippen LogP contribution in [0.5, 0.6) is 0 Å². The number of piperidine rings is 1. The Morgan fingerprint density at radius 2 is 1.48 bits per heavy atom. The number of benzene rings is 3. The van der Waals surface area contributed by atoms with Gasteiger partial charge < -0.3 is 24.8 Å². The highest BCUT2D eigenvalue weighted by Gasteiger charge is 2.35. The van der Waals surface area contributed by atoms with Gasteiger partial charge in [-0.15, -0.1) is 0 Å². The second-order valence-corrected chi connectivity index (χ2v) is 13.1. The number of methoxy groups -OCH3 is 1. The number of pyridine rings is 1. The molecule has 9 nitrogen and oxygen atoms in total. The van der Waals surface area contributed by atoms with Crippen LogP contribution in [0.15, 0.2) is 89.7 Å². The van der Waals surface area contributed by atoms with E-state index in [1.807, 2.05) is 47.0 Å². The maximum Gasteiger partial charge on any atom is 0.339 e. The van der Waals surface area contributed by atoms with Crippen LogP contribution in [0, 0.1) is 5.92 Å². The third kappa shape index (κ3) is 6.18. The maximum atomic E-state index is 13.6. The number of hydrogen-bond acceptors (Lipinski definition) is 6. The molecule has 2 amide bonds. The molecule has 2 aliphatic heterocycles. The fourth-order valence-corrected chi connectivity index (χ4v) is 6.54. The van der Waals surface area contributed by atoms with Gasteiger partial charge in [0.2, 0.25) is 0 Å². The fraction of sp³-hybridized carbons (Fsp3) is 0.297. The van der Waals surface area contributed by atoms with Crippen molar-refractivity contribution < 1.29 is 19.1 Å². The van der Waals surface area contributed by atoms with Crippen LogP contribution >= 0.6 is 0 Å². The van der Waals surface area contributed by atoms with E-state index in [2.05, 4.69) is 36.3 Å². The zero-order valence-electron chi connectivity index (χ0n) is 26.5. The maximum absolute atomic E-state index is 13.6. The number of fused-ring (bicyclic) bond motifs is 4. The van der Waals surface area contributed by atoms with Crippen molar-refractivity contribution >= 4 is 34.8 Å². The number of amides is 2. The summed E-state index contributed by atoms with van der Waals surface area (Å²) in [5.74, 6) is -0.859. The molecule has 0 saturated carbocycles. The smallest absolute Gasteiger partial charge is 0.339 e. The molecule has 2 aliphatic rings. The van der Waals surface area contributed by atoms with Crippen molar-refractivity contribution in [3.63, 3.8) is 0 Å². The average Bonchev–Trinajstić information content (AvgIpc) is 3.04. The lowest BCUT2D eigenvalue weighted by Gasteiger charge is -2.44. The Kier molecular flexibility index (Phi) is 8.25. The van der Waals surface area contributed by atoms with E-state index in [-0.39, 0.29) is 34.3 Å². The van der Waals surface area contributed by atoms with Gasteiger partial charge in [-0.25, -0.2) is 4.79 Å². The van der Waals surface area contributed by atoms with Crippen LogP contribution in [0.1, 0.15) is 75.4 Å². The molecule has 0 aliphatic carbocycles. The van der Waals surface area contributed by atoms with Crippen molar-refractivity contribution in [3.05, 3.63) is 123 Å². The molecule has 1 aromatic heterocycles. The zero-order valence-corrected chi connectivity index (χ0v) is 26.5. The molecular weight excluding hydrogens is 580 g/mol. The lowest BCUT2D eigenvalue weighted by atomic mass is 9.83. The molecule has 46 heavy (non-hydrogen) atoms. The van der Waals surface area contributed by atoms with Gasteiger partial charge in [0.1, 0.15) is 0 Å². The van der Waals surface area contributed by atoms with E-state index in [1.165, 1.54) is 7.11 Å². The molecule has 2 unspecified atom stereocenters. The number of esters is 1. The minimum atomic E-state index is -0.559. The van der Waals surface area contributed by atoms with Gasteiger partial charge >= 0.3 is 5.97 Å². The van der Waals surface area contributed by atoms with E-state index in [1.54, 1.807) is 42.5 Å². The Bertz CT molecular complexity index is 1870. The Hall–Kier alpha value is -5.18. The highest BCUT2D eigenvalue weighted by atomic mass is 16.5. The molecule has 2 N–H and O–H groups in total. The van der Waals surface area contributed by atoms with Crippen LogP contribution in [0.4, 0.5) is 17.1 Å². The first-order valence-electron chi connectivity index (χ1n) is 15.5. The molecule has 1 saturated heterocycles. The van der Waals surface area contributed by atoms with Gasteiger partial charge in [0, 0.05) is 48.4 Å². The second-order valence-electron chi connectivity index (χ2n) is 13.1. The van der Waals surface area contributed by atoms with Crippen molar-refractivity contribution in [2.24, 2.45) is 5.92 Å². The summed E-state index contributed by atoms with van der Waals surface area (Å²) in [6, 6.07) is 24.9. The van der Waals surface area contributed by atoms with Gasteiger partial charge in [0.05, 0.1) is 29.7 Å². The largest absolute Gasteiger partial charge is 0.465 e. The second kappa shape index (κ2) is 12.3. The summed E-state index contributed by atoms with van der Waals surface area (Å²) in [5.41, 5.74) is 4.81. The first-order chi connectivity index (χ1) is 22.0. The molecule has 3 heterocycles. The third-order valence-electron chi connectivity index (χ3n) is 8.92. The highest BCUT2D eigenvalue weighted by Crippen LogP contribution is 2.39. The van der Waals surface area contributed by atoms with Crippen molar-refractivity contribution in [2.45, 2.75) is 45.1 Å². The standard InChI is InChI=1S/C37H38N4O5/c1-37(2,3)27-15-12-24(13-16-27)34(43)39-30-19-25(35(44)38-29-9-6-5-8-28(29)36(45)46-4)14-17-32(30)40-20-23-18-26(22-40)31-10-7-11-33(42)41(31)21-23/h5-17,19,23,26H,18,20-22H2,1-4H3,(H,38,44)(H,39,43). The molecule has 0 radical (unpaired) electrons. The lowest BCUT2D eigenvalue weighted by Crippen LogP contribution is -2.47. The zero-order chi connectivity index (χ0) is 32.6. The Labute approximate surface area is 268 Å². The molecule has 6 rings (SSSR count). The number of carbonyl (C=O) groups excluding carboxylic acids is 3. The van der Waals surface area contributed by atoms with Crippen molar-refractivity contribution in [1.29, 1.82) is 0 Å². The number of anilines is 3. The topological polar surface area (TPSA) is 110 Å². The number of nitrogens with one attached hydrogen (secondary N) is 2. The minimum absolute atomic E-state index is 0.0234. The minimum Gasteiger partial charge on any atom is -0.465 e. The third-order valence-corrected chi connectivity index (χ3v) is 8.92. The molecule has 9 heteroatoms. The fourth-order valence-electron chi connectivity index (χ4n) is 6.54. The van der Waals surface area contributed by atoms with Crippen molar-refractivity contribution in [3.8, 4) is 0 Å². The van der Waals surface area contributed by atoms with Gasteiger partial charge in [-0.05, 0) is 71.8 Å². The SMILES string of the molecule is COC(=O)c1ccccc1NC(=O)c1ccc(N2CC3CC(C2)c2cccc(=O)n2C3)c(NC(=O)c2ccc(C(C)(C)C)cc2)c1. The summed E-state index contributed by atoms with van der Waals surface area (Å²) in [7, 11) is 1.29. The normalized spacial score (nSPS) is 17.1. The Balaban J connectivity index is 1.33. The van der Waals surface area contributed by atoms with Crippen LogP contribution < -0.4 is 21.1 Å². The van der Waals surface area contributed by atoms with Crippen LogP contribution in [-0.2, 0) is 16.7 Å². The van der Waals surface area contributed by atoms with Crippen molar-refractivity contribution in [1.82, 2.24) is 4.57 Å². The van der Waals surface area contributed by atoms with Crippen molar-refractivity contribution in [2.75, 3.05) is 35.7 Å². The average molecular weight is 619 g/mol.